The number of aromatic nitrogens is 2. The van der Waals surface area contributed by atoms with E-state index in [0.717, 1.165) is 16.5 Å². The highest BCUT2D eigenvalue weighted by Gasteiger charge is 2.15. The van der Waals surface area contributed by atoms with Crippen molar-refractivity contribution in [2.24, 2.45) is 4.99 Å². The van der Waals surface area contributed by atoms with Crippen LogP contribution in [0.15, 0.2) is 28.8 Å². The second-order valence-electron chi connectivity index (χ2n) is 5.21. The van der Waals surface area contributed by atoms with Gasteiger partial charge in [-0.05, 0) is 37.1 Å². The Hall–Kier alpha value is -1.92. The number of H-pyrrole nitrogens is 1. The fraction of sp³-hybridized carbons (Fsp3) is 0.333. The highest BCUT2D eigenvalue weighted by Crippen LogP contribution is 2.36. The number of aliphatic imine (C=N–C) groups is 1. The van der Waals surface area contributed by atoms with Crippen LogP contribution in [0.1, 0.15) is 12.5 Å². The highest BCUT2D eigenvalue weighted by molar-refractivity contribution is 6.64. The Bertz CT molecular complexity index is 780. The van der Waals surface area contributed by atoms with Crippen LogP contribution >= 0.6 is 23.2 Å². The largest absolute Gasteiger partial charge is 0.437 e. The first-order valence-electron chi connectivity index (χ1n) is 6.95. The van der Waals surface area contributed by atoms with Gasteiger partial charge in [0.25, 0.3) is 0 Å². The van der Waals surface area contributed by atoms with Crippen LogP contribution < -0.4 is 10.1 Å². The third-order valence-electron chi connectivity index (χ3n) is 3.21. The number of amidine groups is 1. The molecular formula is C15H19Cl2N5O. The number of hydrogen-bond acceptors (Lipinski definition) is 4. The van der Waals surface area contributed by atoms with E-state index in [9.17, 15) is 0 Å². The molecular weight excluding hydrogens is 337 g/mol. The maximum Gasteiger partial charge on any atom is 0.214 e. The lowest BCUT2D eigenvalue weighted by Gasteiger charge is -2.15. The summed E-state index contributed by atoms with van der Waals surface area (Å²) in [5.41, 5.74) is 2.34. The molecule has 2 N–H and O–H groups in total. The molecule has 0 atom stereocenters. The van der Waals surface area contributed by atoms with Gasteiger partial charge in [0.2, 0.25) is 5.88 Å². The summed E-state index contributed by atoms with van der Waals surface area (Å²) in [4.78, 5) is 6.00. The van der Waals surface area contributed by atoms with E-state index >= 15 is 0 Å². The summed E-state index contributed by atoms with van der Waals surface area (Å²) >= 11 is 12.5. The second-order valence-corrected chi connectivity index (χ2v) is 5.93. The lowest BCUT2D eigenvalue weighted by Crippen LogP contribution is -2.18. The van der Waals surface area contributed by atoms with Crippen molar-refractivity contribution in [2.75, 3.05) is 21.1 Å². The van der Waals surface area contributed by atoms with Gasteiger partial charge in [-0.3, -0.25) is 5.10 Å². The molecule has 0 aliphatic heterocycles. The molecule has 0 saturated heterocycles. The standard InChI is InChI=1S/C15H19Cl2N5O/c1-8-6-11-10(7-19-21-11)13(12(8)16)23-14(18-3)9(2)20-15(17)22(4)5/h6-7,18H,1-5H3,(H,19,21)/b14-9-,20-15?. The minimum absolute atomic E-state index is 0.350. The van der Waals surface area contributed by atoms with Gasteiger partial charge in [-0.2, -0.15) is 5.10 Å². The van der Waals surface area contributed by atoms with Crippen molar-refractivity contribution in [3.63, 3.8) is 0 Å². The fourth-order valence-corrected chi connectivity index (χ4v) is 2.28. The SMILES string of the molecule is CN/C(Oc1c(Cl)c(C)cc2[nH]ncc12)=C(\C)N=C(Cl)N(C)C. The molecule has 0 saturated carbocycles. The zero-order valence-corrected chi connectivity index (χ0v) is 15.2. The Morgan fingerprint density at radius 1 is 1.43 bits per heavy atom. The van der Waals surface area contributed by atoms with Crippen molar-refractivity contribution in [2.45, 2.75) is 13.8 Å². The highest BCUT2D eigenvalue weighted by atomic mass is 35.5. The van der Waals surface area contributed by atoms with Crippen LogP contribution in [0.5, 0.6) is 5.75 Å². The molecule has 0 unspecified atom stereocenters. The van der Waals surface area contributed by atoms with Gasteiger partial charge in [0.15, 0.2) is 11.0 Å². The summed E-state index contributed by atoms with van der Waals surface area (Å²) in [6.45, 7) is 3.71. The third kappa shape index (κ3) is 3.71. The average Bonchev–Trinajstić information content (AvgIpc) is 2.95. The van der Waals surface area contributed by atoms with Gasteiger partial charge >= 0.3 is 0 Å². The molecule has 1 aromatic carbocycles. The van der Waals surface area contributed by atoms with E-state index in [1.54, 1.807) is 25.1 Å². The van der Waals surface area contributed by atoms with Gasteiger partial charge in [-0.25, -0.2) is 4.99 Å². The van der Waals surface area contributed by atoms with Crippen LogP contribution in [0.4, 0.5) is 0 Å². The zero-order valence-electron chi connectivity index (χ0n) is 13.7. The lowest BCUT2D eigenvalue weighted by molar-refractivity contribution is 0.388. The summed E-state index contributed by atoms with van der Waals surface area (Å²) in [5.74, 6) is 0.982. The summed E-state index contributed by atoms with van der Waals surface area (Å²) < 4.78 is 5.98. The number of rotatable bonds is 4. The monoisotopic (exact) mass is 355 g/mol. The predicted octanol–water partition coefficient (Wildman–Crippen LogP) is 3.47. The van der Waals surface area contributed by atoms with Crippen LogP contribution in [0.2, 0.25) is 5.02 Å². The molecule has 0 bridgehead atoms. The average molecular weight is 356 g/mol. The number of benzene rings is 1. The zero-order chi connectivity index (χ0) is 17.1. The molecule has 23 heavy (non-hydrogen) atoms. The minimum Gasteiger partial charge on any atom is -0.437 e. The second kappa shape index (κ2) is 7.10. The summed E-state index contributed by atoms with van der Waals surface area (Å²) in [7, 11) is 5.37. The van der Waals surface area contributed by atoms with Crippen LogP contribution in [-0.4, -0.2) is 41.5 Å². The van der Waals surface area contributed by atoms with Crippen LogP contribution in [0, 0.1) is 6.92 Å². The van der Waals surface area contributed by atoms with Gasteiger partial charge in [0.05, 0.1) is 22.1 Å². The van der Waals surface area contributed by atoms with E-state index in [0.29, 0.717) is 27.6 Å². The number of nitrogens with one attached hydrogen (secondary N) is 2. The molecule has 1 heterocycles. The van der Waals surface area contributed by atoms with E-state index in [2.05, 4.69) is 20.5 Å². The quantitative estimate of drug-likeness (QED) is 0.381. The molecule has 0 spiro atoms. The Morgan fingerprint density at radius 3 is 2.74 bits per heavy atom. The van der Waals surface area contributed by atoms with Crippen molar-refractivity contribution in [3.05, 3.63) is 34.4 Å². The summed E-state index contributed by atoms with van der Waals surface area (Å²) in [5, 5.41) is 11.6. The van der Waals surface area contributed by atoms with Crippen LogP contribution in [0.25, 0.3) is 10.9 Å². The smallest absolute Gasteiger partial charge is 0.214 e. The number of aromatic amines is 1. The number of ether oxygens (including phenoxy) is 1. The van der Waals surface area contributed by atoms with Crippen molar-refractivity contribution < 1.29 is 4.74 Å². The molecule has 0 amide bonds. The molecule has 0 aliphatic carbocycles. The topological polar surface area (TPSA) is 65.5 Å². The maximum atomic E-state index is 6.40. The molecule has 2 rings (SSSR count). The molecule has 124 valence electrons. The molecule has 0 radical (unpaired) electrons. The number of nitrogens with zero attached hydrogens (tertiary/aromatic N) is 3. The Labute approximate surface area is 145 Å². The van der Waals surface area contributed by atoms with Gasteiger partial charge in [0, 0.05) is 21.1 Å². The normalized spacial score (nSPS) is 13.1. The van der Waals surface area contributed by atoms with E-state index in [-0.39, 0.29) is 0 Å². The van der Waals surface area contributed by atoms with Crippen molar-refractivity contribution >= 4 is 39.4 Å². The predicted molar refractivity (Wildman–Crippen MR) is 95.2 cm³/mol. The first-order chi connectivity index (χ1) is 10.8. The Kier molecular flexibility index (Phi) is 5.38. The summed E-state index contributed by atoms with van der Waals surface area (Å²) in [6.07, 6.45) is 1.68. The van der Waals surface area contributed by atoms with Crippen molar-refractivity contribution in [1.29, 1.82) is 0 Å². The number of hydrogen-bond donors (Lipinski definition) is 2. The first-order valence-corrected chi connectivity index (χ1v) is 7.71. The third-order valence-corrected chi connectivity index (χ3v) is 4.10. The van der Waals surface area contributed by atoms with Crippen LogP contribution in [0.3, 0.4) is 0 Å². The van der Waals surface area contributed by atoms with Crippen LogP contribution in [-0.2, 0) is 0 Å². The Morgan fingerprint density at radius 2 is 2.13 bits per heavy atom. The number of fused-ring (bicyclic) bond motifs is 1. The molecule has 1 aromatic heterocycles. The van der Waals surface area contributed by atoms with Gasteiger partial charge in [-0.15, -0.1) is 0 Å². The minimum atomic E-state index is 0.350. The van der Waals surface area contributed by atoms with Gasteiger partial charge < -0.3 is 15.0 Å². The summed E-state index contributed by atoms with van der Waals surface area (Å²) in [6, 6.07) is 1.92. The van der Waals surface area contributed by atoms with E-state index in [1.807, 2.05) is 27.1 Å². The molecule has 2 aromatic rings. The number of aryl methyl sites for hydroxylation is 1. The first kappa shape index (κ1) is 17.4. The van der Waals surface area contributed by atoms with Crippen molar-refractivity contribution in [3.8, 4) is 5.75 Å². The van der Waals surface area contributed by atoms with E-state index < -0.39 is 0 Å². The van der Waals surface area contributed by atoms with Crippen molar-refractivity contribution in [1.82, 2.24) is 20.4 Å². The van der Waals surface area contributed by atoms with Gasteiger partial charge in [0.1, 0.15) is 5.70 Å². The molecule has 6 nitrogen and oxygen atoms in total. The lowest BCUT2D eigenvalue weighted by atomic mass is 10.1. The molecule has 8 heteroatoms. The fourth-order valence-electron chi connectivity index (χ4n) is 1.96. The Balaban J connectivity index is 2.49. The molecule has 0 aliphatic rings. The molecule has 0 fully saturated rings. The van der Waals surface area contributed by atoms with E-state index in [1.165, 1.54) is 0 Å². The maximum absolute atomic E-state index is 6.40. The van der Waals surface area contributed by atoms with Gasteiger partial charge in [-0.1, -0.05) is 11.6 Å². The number of halogens is 2. The number of allylic oxidation sites excluding steroid dienone is 1. The van der Waals surface area contributed by atoms with E-state index in [4.69, 9.17) is 27.9 Å².